The fourth-order valence-corrected chi connectivity index (χ4v) is 1.37. The Kier molecular flexibility index (Phi) is 2.40. The third-order valence-corrected chi connectivity index (χ3v) is 2.39. The molecular weight excluding hydrogens is 200 g/mol. The van der Waals surface area contributed by atoms with Gasteiger partial charge in [0.2, 0.25) is 0 Å². The minimum atomic E-state index is -0.877. The van der Waals surface area contributed by atoms with E-state index in [1.807, 2.05) is 6.92 Å². The van der Waals surface area contributed by atoms with Gasteiger partial charge < -0.3 is 10.3 Å². The molecule has 1 aromatic heterocycles. The zero-order valence-electron chi connectivity index (χ0n) is 8.44. The van der Waals surface area contributed by atoms with Crippen LogP contribution in [0.2, 0.25) is 0 Å². The molecule has 0 aliphatic heterocycles. The highest BCUT2D eigenvalue weighted by Gasteiger charge is 2.11. The molecule has 2 rings (SSSR count). The van der Waals surface area contributed by atoms with E-state index in [0.717, 1.165) is 12.1 Å². The number of halogens is 2. The lowest BCUT2D eigenvalue weighted by atomic mass is 10.3. The third kappa shape index (κ3) is 1.70. The number of hydrogen-bond donors (Lipinski definition) is 2. The molecular formula is C10H11F2N3. The van der Waals surface area contributed by atoms with Crippen molar-refractivity contribution in [3.63, 3.8) is 0 Å². The number of aromatic amines is 1. The molecule has 80 valence electrons. The Morgan fingerprint density at radius 1 is 1.33 bits per heavy atom. The maximum atomic E-state index is 12.9. The molecule has 0 amide bonds. The van der Waals surface area contributed by atoms with E-state index in [1.54, 1.807) is 7.05 Å². The van der Waals surface area contributed by atoms with E-state index >= 15 is 0 Å². The van der Waals surface area contributed by atoms with Crippen LogP contribution in [-0.4, -0.2) is 17.0 Å². The Bertz CT molecular complexity index is 454. The van der Waals surface area contributed by atoms with Crippen LogP contribution in [0.15, 0.2) is 12.1 Å². The molecule has 0 bridgehead atoms. The molecule has 5 heteroatoms. The molecule has 2 N–H and O–H groups in total. The molecule has 0 saturated heterocycles. The van der Waals surface area contributed by atoms with Gasteiger partial charge in [-0.2, -0.15) is 0 Å². The van der Waals surface area contributed by atoms with E-state index in [2.05, 4.69) is 15.3 Å². The molecule has 1 atom stereocenters. The van der Waals surface area contributed by atoms with Crippen LogP contribution in [0.25, 0.3) is 11.0 Å². The van der Waals surface area contributed by atoms with E-state index in [0.29, 0.717) is 16.9 Å². The lowest BCUT2D eigenvalue weighted by Gasteiger charge is -2.04. The second-order valence-electron chi connectivity index (χ2n) is 3.42. The first-order valence-electron chi connectivity index (χ1n) is 4.63. The van der Waals surface area contributed by atoms with Gasteiger partial charge in [0.05, 0.1) is 17.1 Å². The highest BCUT2D eigenvalue weighted by atomic mass is 19.2. The molecule has 1 heterocycles. The zero-order valence-corrected chi connectivity index (χ0v) is 8.44. The second-order valence-corrected chi connectivity index (χ2v) is 3.42. The second kappa shape index (κ2) is 3.58. The normalized spacial score (nSPS) is 13.3. The van der Waals surface area contributed by atoms with Gasteiger partial charge in [0.1, 0.15) is 5.82 Å². The molecule has 1 aromatic carbocycles. The predicted octanol–water partition coefficient (Wildman–Crippen LogP) is 2.12. The number of rotatable bonds is 2. The number of nitrogens with zero attached hydrogens (tertiary/aromatic N) is 1. The molecule has 0 spiro atoms. The van der Waals surface area contributed by atoms with Crippen molar-refractivity contribution in [3.05, 3.63) is 29.6 Å². The fourth-order valence-electron chi connectivity index (χ4n) is 1.37. The third-order valence-electron chi connectivity index (χ3n) is 2.39. The largest absolute Gasteiger partial charge is 0.341 e. The molecule has 0 fully saturated rings. The number of nitrogens with one attached hydrogen (secondary N) is 2. The van der Waals surface area contributed by atoms with Gasteiger partial charge in [-0.3, -0.25) is 0 Å². The summed E-state index contributed by atoms with van der Waals surface area (Å²) in [6.07, 6.45) is 0. The monoisotopic (exact) mass is 211 g/mol. The maximum absolute atomic E-state index is 12.9. The van der Waals surface area contributed by atoms with Gasteiger partial charge in [-0.1, -0.05) is 0 Å². The van der Waals surface area contributed by atoms with Crippen LogP contribution in [0, 0.1) is 11.6 Å². The highest BCUT2D eigenvalue weighted by Crippen LogP contribution is 2.18. The summed E-state index contributed by atoms with van der Waals surface area (Å²) in [7, 11) is 1.79. The average Bonchev–Trinajstić information content (AvgIpc) is 2.60. The number of H-pyrrole nitrogens is 1. The summed E-state index contributed by atoms with van der Waals surface area (Å²) >= 11 is 0. The van der Waals surface area contributed by atoms with Gasteiger partial charge in [-0.15, -0.1) is 0 Å². The standard InChI is InChI=1S/C10H11F2N3/c1-5(13-2)10-14-8-3-6(11)7(12)4-9(8)15-10/h3-5,13H,1-2H3,(H,14,15). The molecule has 1 unspecified atom stereocenters. The van der Waals surface area contributed by atoms with Crippen molar-refractivity contribution in [2.75, 3.05) is 7.05 Å². The number of aromatic nitrogens is 2. The zero-order chi connectivity index (χ0) is 11.0. The Labute approximate surface area is 85.5 Å². The van der Waals surface area contributed by atoms with E-state index in [4.69, 9.17) is 0 Å². The van der Waals surface area contributed by atoms with Crippen LogP contribution in [0.5, 0.6) is 0 Å². The SMILES string of the molecule is CNC(C)c1nc2cc(F)c(F)cc2[nH]1. The smallest absolute Gasteiger partial charge is 0.161 e. The number of imidazole rings is 1. The summed E-state index contributed by atoms with van der Waals surface area (Å²) in [5, 5.41) is 2.99. The highest BCUT2D eigenvalue weighted by molar-refractivity contribution is 5.75. The first kappa shape index (κ1) is 10.0. The minimum Gasteiger partial charge on any atom is -0.341 e. The van der Waals surface area contributed by atoms with Crippen molar-refractivity contribution in [3.8, 4) is 0 Å². The van der Waals surface area contributed by atoms with Gasteiger partial charge >= 0.3 is 0 Å². The van der Waals surface area contributed by atoms with Crippen LogP contribution in [0.3, 0.4) is 0 Å². The molecule has 0 aliphatic rings. The van der Waals surface area contributed by atoms with Crippen LogP contribution in [0.4, 0.5) is 8.78 Å². The summed E-state index contributed by atoms with van der Waals surface area (Å²) in [4.78, 5) is 7.09. The summed E-state index contributed by atoms with van der Waals surface area (Å²) in [6, 6.07) is 2.22. The summed E-state index contributed by atoms with van der Waals surface area (Å²) in [6.45, 7) is 1.91. The summed E-state index contributed by atoms with van der Waals surface area (Å²) < 4.78 is 25.8. The molecule has 0 aliphatic carbocycles. The van der Waals surface area contributed by atoms with Crippen molar-refractivity contribution >= 4 is 11.0 Å². The van der Waals surface area contributed by atoms with Gasteiger partial charge in [0.25, 0.3) is 0 Å². The van der Waals surface area contributed by atoms with Crippen LogP contribution < -0.4 is 5.32 Å². The summed E-state index contributed by atoms with van der Waals surface area (Å²) in [5.74, 6) is -1.08. The van der Waals surface area contributed by atoms with Gasteiger partial charge in [-0.25, -0.2) is 13.8 Å². The number of benzene rings is 1. The van der Waals surface area contributed by atoms with E-state index in [9.17, 15) is 8.78 Å². The summed E-state index contributed by atoms with van der Waals surface area (Å²) in [5.41, 5.74) is 0.942. The van der Waals surface area contributed by atoms with E-state index in [1.165, 1.54) is 0 Å². The lowest BCUT2D eigenvalue weighted by molar-refractivity contribution is 0.510. The first-order chi connectivity index (χ1) is 7.11. The molecule has 3 nitrogen and oxygen atoms in total. The lowest BCUT2D eigenvalue weighted by Crippen LogP contribution is -2.13. The van der Waals surface area contributed by atoms with Gasteiger partial charge in [-0.05, 0) is 14.0 Å². The molecule has 15 heavy (non-hydrogen) atoms. The van der Waals surface area contributed by atoms with Gasteiger partial charge in [0.15, 0.2) is 11.6 Å². The van der Waals surface area contributed by atoms with Crippen LogP contribution >= 0.6 is 0 Å². The minimum absolute atomic E-state index is 0.0172. The van der Waals surface area contributed by atoms with Gasteiger partial charge in [0, 0.05) is 12.1 Å². The Hall–Kier alpha value is -1.49. The number of hydrogen-bond acceptors (Lipinski definition) is 2. The quantitative estimate of drug-likeness (QED) is 0.798. The van der Waals surface area contributed by atoms with Crippen molar-refractivity contribution in [2.45, 2.75) is 13.0 Å². The fraction of sp³-hybridized carbons (Fsp3) is 0.300. The van der Waals surface area contributed by atoms with Crippen molar-refractivity contribution in [1.29, 1.82) is 0 Å². The van der Waals surface area contributed by atoms with Crippen LogP contribution in [0.1, 0.15) is 18.8 Å². The predicted molar refractivity (Wildman–Crippen MR) is 53.5 cm³/mol. The first-order valence-corrected chi connectivity index (χ1v) is 4.63. The Balaban J connectivity index is 2.56. The average molecular weight is 211 g/mol. The number of fused-ring (bicyclic) bond motifs is 1. The molecule has 0 saturated carbocycles. The van der Waals surface area contributed by atoms with E-state index < -0.39 is 11.6 Å². The molecule has 0 radical (unpaired) electrons. The Morgan fingerprint density at radius 2 is 2.00 bits per heavy atom. The van der Waals surface area contributed by atoms with Crippen molar-refractivity contribution in [1.82, 2.24) is 15.3 Å². The Morgan fingerprint density at radius 3 is 2.67 bits per heavy atom. The van der Waals surface area contributed by atoms with Crippen LogP contribution in [-0.2, 0) is 0 Å². The van der Waals surface area contributed by atoms with E-state index in [-0.39, 0.29) is 6.04 Å². The van der Waals surface area contributed by atoms with Crippen molar-refractivity contribution in [2.24, 2.45) is 0 Å². The molecule has 2 aromatic rings. The van der Waals surface area contributed by atoms with Crippen molar-refractivity contribution < 1.29 is 8.78 Å². The maximum Gasteiger partial charge on any atom is 0.161 e. The topological polar surface area (TPSA) is 40.7 Å².